The number of halogens is 1. The van der Waals surface area contributed by atoms with Gasteiger partial charge in [0, 0.05) is 0 Å². The third-order valence-corrected chi connectivity index (χ3v) is 7.16. The molecule has 7 heteroatoms. The highest BCUT2D eigenvalue weighted by Gasteiger charge is 2.33. The Morgan fingerprint density at radius 3 is 2.37 bits per heavy atom. The lowest BCUT2D eigenvalue weighted by Gasteiger charge is -2.15. The van der Waals surface area contributed by atoms with Crippen LogP contribution in [-0.4, -0.2) is 29.7 Å². The van der Waals surface area contributed by atoms with E-state index in [-0.39, 0.29) is 5.91 Å². The van der Waals surface area contributed by atoms with Crippen molar-refractivity contribution in [1.82, 2.24) is 4.90 Å². The predicted octanol–water partition coefficient (Wildman–Crippen LogP) is 6.76. The molecule has 0 radical (unpaired) electrons. The Bertz CT molecular complexity index is 1230. The molecule has 0 aliphatic carbocycles. The second kappa shape index (κ2) is 12.3. The van der Waals surface area contributed by atoms with Gasteiger partial charge in [0.25, 0.3) is 5.91 Å². The van der Waals surface area contributed by atoms with E-state index in [1.54, 1.807) is 12.0 Å². The Morgan fingerprint density at radius 1 is 1.03 bits per heavy atom. The van der Waals surface area contributed by atoms with E-state index < -0.39 is 0 Å². The molecule has 0 unspecified atom stereocenters. The number of carbonyl (C=O) groups excluding carboxylic acids is 1. The SMILES string of the molecule is CCCOc1c(I)cc(/C=C2\SC(=NCc3ccccc3)N(Cc3ccccc3)C2=O)cc1OC. The van der Waals surface area contributed by atoms with Gasteiger partial charge in [0.1, 0.15) is 0 Å². The lowest BCUT2D eigenvalue weighted by Crippen LogP contribution is -2.28. The van der Waals surface area contributed by atoms with Crippen LogP contribution >= 0.6 is 34.4 Å². The van der Waals surface area contributed by atoms with Crippen molar-refractivity contribution in [1.29, 1.82) is 0 Å². The van der Waals surface area contributed by atoms with Gasteiger partial charge in [0.2, 0.25) is 0 Å². The molecular formula is C28H27IN2O3S. The maximum Gasteiger partial charge on any atom is 0.267 e. The third-order valence-electron chi connectivity index (χ3n) is 5.31. The van der Waals surface area contributed by atoms with Crippen LogP contribution < -0.4 is 9.47 Å². The van der Waals surface area contributed by atoms with E-state index in [2.05, 4.69) is 29.5 Å². The number of benzene rings is 3. The number of amides is 1. The maximum absolute atomic E-state index is 13.5. The molecule has 1 saturated heterocycles. The van der Waals surface area contributed by atoms with Gasteiger partial charge in [-0.15, -0.1) is 0 Å². The number of ether oxygens (including phenoxy) is 2. The Hall–Kier alpha value is -2.78. The Kier molecular flexibility index (Phi) is 8.87. The molecule has 180 valence electrons. The fourth-order valence-corrected chi connectivity index (χ4v) is 5.35. The van der Waals surface area contributed by atoms with Gasteiger partial charge in [-0.05, 0) is 75.7 Å². The summed E-state index contributed by atoms with van der Waals surface area (Å²) in [7, 11) is 1.63. The summed E-state index contributed by atoms with van der Waals surface area (Å²) in [4.78, 5) is 20.7. The van der Waals surface area contributed by atoms with Gasteiger partial charge in [-0.25, -0.2) is 0 Å². The van der Waals surface area contributed by atoms with Crippen molar-refractivity contribution >= 4 is 51.5 Å². The van der Waals surface area contributed by atoms with Crippen LogP contribution in [0.25, 0.3) is 6.08 Å². The quantitative estimate of drug-likeness (QED) is 0.202. The van der Waals surface area contributed by atoms with Gasteiger partial charge in [0.05, 0.1) is 35.3 Å². The first-order valence-electron chi connectivity index (χ1n) is 11.4. The van der Waals surface area contributed by atoms with Gasteiger partial charge in [-0.1, -0.05) is 67.6 Å². The van der Waals surface area contributed by atoms with Crippen molar-refractivity contribution in [3.05, 3.63) is 98.0 Å². The number of nitrogens with zero attached hydrogens (tertiary/aromatic N) is 2. The van der Waals surface area contributed by atoms with Crippen molar-refractivity contribution in [2.24, 2.45) is 4.99 Å². The first kappa shape index (κ1) is 25.3. The lowest BCUT2D eigenvalue weighted by molar-refractivity contribution is -0.122. The molecule has 0 bridgehead atoms. The number of amidine groups is 1. The van der Waals surface area contributed by atoms with Crippen LogP contribution in [0.5, 0.6) is 11.5 Å². The van der Waals surface area contributed by atoms with Crippen molar-refractivity contribution in [3.8, 4) is 11.5 Å². The highest BCUT2D eigenvalue weighted by molar-refractivity contribution is 14.1. The number of hydrogen-bond acceptors (Lipinski definition) is 5. The molecule has 0 spiro atoms. The molecule has 35 heavy (non-hydrogen) atoms. The number of rotatable bonds is 9. The Morgan fingerprint density at radius 2 is 1.71 bits per heavy atom. The zero-order valence-corrected chi connectivity index (χ0v) is 22.7. The van der Waals surface area contributed by atoms with Crippen LogP contribution in [0.2, 0.25) is 0 Å². The Balaban J connectivity index is 1.65. The number of aliphatic imine (C=N–C) groups is 1. The minimum atomic E-state index is -0.0500. The summed E-state index contributed by atoms with van der Waals surface area (Å²) in [5.74, 6) is 1.34. The summed E-state index contributed by atoms with van der Waals surface area (Å²) in [5.41, 5.74) is 3.05. The average Bonchev–Trinajstić information content (AvgIpc) is 3.17. The first-order valence-corrected chi connectivity index (χ1v) is 13.3. The van der Waals surface area contributed by atoms with Crippen LogP contribution in [-0.2, 0) is 17.9 Å². The molecule has 3 aromatic rings. The normalized spacial score (nSPS) is 15.7. The van der Waals surface area contributed by atoms with E-state index >= 15 is 0 Å². The second-order valence-electron chi connectivity index (χ2n) is 7.95. The number of thioether (sulfide) groups is 1. The predicted molar refractivity (Wildman–Crippen MR) is 152 cm³/mol. The fraction of sp³-hybridized carbons (Fsp3) is 0.214. The molecule has 3 aromatic carbocycles. The van der Waals surface area contributed by atoms with Gasteiger partial charge >= 0.3 is 0 Å². The molecule has 1 fully saturated rings. The monoisotopic (exact) mass is 598 g/mol. The van der Waals surface area contributed by atoms with Crippen LogP contribution in [0, 0.1) is 3.57 Å². The Labute approximate surface area is 224 Å². The minimum Gasteiger partial charge on any atom is -0.493 e. The van der Waals surface area contributed by atoms with Gasteiger partial charge in [-0.2, -0.15) is 0 Å². The summed E-state index contributed by atoms with van der Waals surface area (Å²) >= 11 is 3.66. The van der Waals surface area contributed by atoms with Gasteiger partial charge in [-0.3, -0.25) is 14.7 Å². The lowest BCUT2D eigenvalue weighted by atomic mass is 10.1. The summed E-state index contributed by atoms with van der Waals surface area (Å²) < 4.78 is 12.4. The summed E-state index contributed by atoms with van der Waals surface area (Å²) in [6.07, 6.45) is 2.82. The van der Waals surface area contributed by atoms with Crippen molar-refractivity contribution < 1.29 is 14.3 Å². The molecular weight excluding hydrogens is 571 g/mol. The number of carbonyl (C=O) groups is 1. The molecule has 1 heterocycles. The highest BCUT2D eigenvalue weighted by Crippen LogP contribution is 2.38. The molecule has 4 rings (SSSR count). The zero-order chi connectivity index (χ0) is 24.6. The summed E-state index contributed by atoms with van der Waals surface area (Å²) in [6, 6.07) is 24.0. The van der Waals surface area contributed by atoms with E-state index in [4.69, 9.17) is 14.5 Å². The zero-order valence-electron chi connectivity index (χ0n) is 19.7. The summed E-state index contributed by atoms with van der Waals surface area (Å²) in [5, 5.41) is 0.707. The van der Waals surface area contributed by atoms with Crippen LogP contribution in [0.15, 0.2) is 82.7 Å². The molecule has 1 aliphatic heterocycles. The van der Waals surface area contributed by atoms with E-state index in [1.165, 1.54) is 11.8 Å². The highest BCUT2D eigenvalue weighted by atomic mass is 127. The molecule has 0 saturated carbocycles. The maximum atomic E-state index is 13.5. The largest absolute Gasteiger partial charge is 0.493 e. The smallest absolute Gasteiger partial charge is 0.267 e. The fourth-order valence-electron chi connectivity index (χ4n) is 3.59. The van der Waals surface area contributed by atoms with Crippen LogP contribution in [0.4, 0.5) is 0 Å². The second-order valence-corrected chi connectivity index (χ2v) is 10.1. The average molecular weight is 599 g/mol. The van der Waals surface area contributed by atoms with Crippen molar-refractivity contribution in [2.45, 2.75) is 26.4 Å². The summed E-state index contributed by atoms with van der Waals surface area (Å²) in [6.45, 7) is 3.68. The molecule has 1 amide bonds. The molecule has 0 N–H and O–H groups in total. The van der Waals surface area contributed by atoms with Gasteiger partial charge < -0.3 is 9.47 Å². The minimum absolute atomic E-state index is 0.0500. The topological polar surface area (TPSA) is 51.1 Å². The molecule has 0 aromatic heterocycles. The molecule has 5 nitrogen and oxygen atoms in total. The van der Waals surface area contributed by atoms with E-state index in [0.29, 0.717) is 35.5 Å². The standard InChI is InChI=1S/C28H27IN2O3S/c1-3-14-34-26-23(29)15-22(16-24(26)33-2)17-25-27(32)31(19-21-12-8-5-9-13-21)28(35-25)30-18-20-10-6-4-7-11-20/h4-13,15-17H,3,14,18-19H2,1-2H3/b25-17-,30-28?. The van der Waals surface area contributed by atoms with Crippen LogP contribution in [0.1, 0.15) is 30.0 Å². The van der Waals surface area contributed by atoms with Crippen molar-refractivity contribution in [3.63, 3.8) is 0 Å². The van der Waals surface area contributed by atoms with Crippen LogP contribution in [0.3, 0.4) is 0 Å². The number of methoxy groups -OCH3 is 1. The first-order chi connectivity index (χ1) is 17.1. The molecule has 1 aliphatic rings. The third kappa shape index (κ3) is 6.46. The number of hydrogen-bond donors (Lipinski definition) is 0. The van der Waals surface area contributed by atoms with E-state index in [0.717, 1.165) is 32.4 Å². The van der Waals surface area contributed by atoms with E-state index in [9.17, 15) is 4.79 Å². The molecule has 0 atom stereocenters. The van der Waals surface area contributed by atoms with E-state index in [1.807, 2.05) is 78.9 Å². The van der Waals surface area contributed by atoms with Crippen molar-refractivity contribution in [2.75, 3.05) is 13.7 Å². The van der Waals surface area contributed by atoms with Gasteiger partial charge in [0.15, 0.2) is 16.7 Å².